The highest BCUT2D eigenvalue weighted by Crippen LogP contribution is 2.00. The number of primary amides is 1. The molecule has 0 saturated heterocycles. The predicted molar refractivity (Wildman–Crippen MR) is 50.4 cm³/mol. The Balaban J connectivity index is 0.000000252. The van der Waals surface area contributed by atoms with Crippen LogP contribution in [-0.2, 0) is 4.79 Å². The highest BCUT2D eigenvalue weighted by atomic mass is 32.1. The molecule has 5 nitrogen and oxygen atoms in total. The maximum atomic E-state index is 10.2. The van der Waals surface area contributed by atoms with Gasteiger partial charge in [-0.1, -0.05) is 0 Å². The molecule has 2 N–H and O–H groups in total. The Bertz CT molecular complexity index is 259. The highest BCUT2D eigenvalue weighted by molar-refractivity contribution is 7.11. The summed E-state index contributed by atoms with van der Waals surface area (Å²) in [4.78, 5) is 24.8. The van der Waals surface area contributed by atoms with Crippen LogP contribution in [0.2, 0.25) is 0 Å². The van der Waals surface area contributed by atoms with Crippen molar-refractivity contribution >= 4 is 23.7 Å². The summed E-state index contributed by atoms with van der Waals surface area (Å²) in [6.07, 6.45) is 2.30. The lowest BCUT2D eigenvalue weighted by atomic mass is 10.7. The van der Waals surface area contributed by atoms with E-state index >= 15 is 0 Å². The number of rotatable bonds is 2. The van der Waals surface area contributed by atoms with E-state index in [2.05, 4.69) is 4.98 Å². The van der Waals surface area contributed by atoms with Gasteiger partial charge in [0.05, 0.1) is 0 Å². The fourth-order valence-electron chi connectivity index (χ4n) is 0.345. The van der Waals surface area contributed by atoms with Crippen LogP contribution in [0, 0.1) is 0 Å². The van der Waals surface area contributed by atoms with Crippen molar-refractivity contribution in [3.8, 4) is 0 Å². The van der Waals surface area contributed by atoms with Gasteiger partial charge in [-0.25, -0.2) is 4.98 Å². The first-order valence-electron chi connectivity index (χ1n) is 3.39. The van der Waals surface area contributed by atoms with E-state index in [9.17, 15) is 9.59 Å². The molecule has 0 aliphatic rings. The molecule has 0 unspecified atom stereocenters. The van der Waals surface area contributed by atoms with Gasteiger partial charge in [0, 0.05) is 25.7 Å². The fourth-order valence-corrected chi connectivity index (χ4v) is 0.834. The van der Waals surface area contributed by atoms with E-state index in [1.807, 2.05) is 0 Å². The minimum Gasteiger partial charge on any atom is -0.364 e. The molecule has 0 atom stereocenters. The molecule has 0 saturated carbocycles. The van der Waals surface area contributed by atoms with Crippen molar-refractivity contribution in [3.05, 3.63) is 16.6 Å². The molecule has 0 spiro atoms. The second-order valence-electron chi connectivity index (χ2n) is 2.27. The van der Waals surface area contributed by atoms with Gasteiger partial charge in [0.1, 0.15) is 0 Å². The van der Waals surface area contributed by atoms with Crippen molar-refractivity contribution in [1.82, 2.24) is 9.88 Å². The van der Waals surface area contributed by atoms with Crippen molar-refractivity contribution < 1.29 is 9.59 Å². The normalized spacial score (nSPS) is 8.15. The third-order valence-corrected chi connectivity index (χ3v) is 1.64. The molecular weight excluding hydrogens is 190 g/mol. The van der Waals surface area contributed by atoms with Crippen LogP contribution >= 0.6 is 11.3 Å². The Morgan fingerprint density at radius 2 is 2.23 bits per heavy atom. The Kier molecular flexibility index (Phi) is 5.45. The topological polar surface area (TPSA) is 76.3 Å². The molecule has 0 aliphatic heterocycles. The van der Waals surface area contributed by atoms with Crippen molar-refractivity contribution in [2.45, 2.75) is 0 Å². The molecule has 13 heavy (non-hydrogen) atoms. The van der Waals surface area contributed by atoms with E-state index in [1.54, 1.807) is 25.7 Å². The molecule has 1 heterocycles. The molecule has 72 valence electrons. The zero-order valence-corrected chi connectivity index (χ0v) is 8.25. The lowest BCUT2D eigenvalue weighted by Crippen LogP contribution is -2.09. The summed E-state index contributed by atoms with van der Waals surface area (Å²) in [6.45, 7) is 0. The monoisotopic (exact) mass is 201 g/mol. The number of carbonyl (C=O) groups excluding carboxylic acids is 2. The van der Waals surface area contributed by atoms with Gasteiger partial charge in [-0.2, -0.15) is 0 Å². The number of hydrogen-bond acceptors (Lipinski definition) is 4. The average molecular weight is 201 g/mol. The zero-order chi connectivity index (χ0) is 10.3. The molecular formula is C7H11N3O2S. The van der Waals surface area contributed by atoms with Crippen LogP contribution in [0.3, 0.4) is 0 Å². The zero-order valence-electron chi connectivity index (χ0n) is 7.43. The Morgan fingerprint density at radius 1 is 1.69 bits per heavy atom. The molecule has 1 aromatic heterocycles. The number of aromatic nitrogens is 1. The summed E-state index contributed by atoms with van der Waals surface area (Å²) < 4.78 is 0. The Morgan fingerprint density at radius 3 is 2.38 bits per heavy atom. The van der Waals surface area contributed by atoms with Gasteiger partial charge in [0.25, 0.3) is 5.91 Å². The Hall–Kier alpha value is -1.43. The Labute approximate surface area is 80.2 Å². The first kappa shape index (κ1) is 11.6. The van der Waals surface area contributed by atoms with E-state index < -0.39 is 5.91 Å². The molecule has 0 aromatic carbocycles. The first-order valence-corrected chi connectivity index (χ1v) is 4.27. The van der Waals surface area contributed by atoms with Gasteiger partial charge in [-0.3, -0.25) is 9.59 Å². The standard InChI is InChI=1S/C4H4N2OS.C3H7NO/c5-3(7)4-6-1-2-8-4;1-4(2)3-5/h1-2H,(H2,5,7);3H,1-2H3. The molecule has 0 aliphatic carbocycles. The van der Waals surface area contributed by atoms with Crippen molar-refractivity contribution in [3.63, 3.8) is 0 Å². The summed E-state index contributed by atoms with van der Waals surface area (Å²) >= 11 is 1.25. The minimum absolute atomic E-state index is 0.366. The second-order valence-corrected chi connectivity index (χ2v) is 3.17. The van der Waals surface area contributed by atoms with Crippen LogP contribution in [0.1, 0.15) is 9.80 Å². The van der Waals surface area contributed by atoms with E-state index in [0.717, 1.165) is 6.41 Å². The molecule has 0 fully saturated rings. The van der Waals surface area contributed by atoms with Crippen LogP contribution in [0.4, 0.5) is 0 Å². The van der Waals surface area contributed by atoms with E-state index in [-0.39, 0.29) is 0 Å². The largest absolute Gasteiger partial charge is 0.364 e. The smallest absolute Gasteiger partial charge is 0.277 e. The summed E-state index contributed by atoms with van der Waals surface area (Å²) in [5, 5.41) is 2.07. The molecule has 0 radical (unpaired) electrons. The molecule has 1 aromatic rings. The number of nitrogens with two attached hydrogens (primary N) is 1. The third kappa shape index (κ3) is 5.80. The van der Waals surface area contributed by atoms with Crippen LogP contribution < -0.4 is 5.73 Å². The summed E-state index contributed by atoms with van der Waals surface area (Å²) in [6, 6.07) is 0. The lowest BCUT2D eigenvalue weighted by molar-refractivity contribution is -0.115. The lowest BCUT2D eigenvalue weighted by Gasteiger charge is -1.93. The van der Waals surface area contributed by atoms with Gasteiger partial charge in [-0.05, 0) is 0 Å². The average Bonchev–Trinajstić information content (AvgIpc) is 2.57. The maximum absolute atomic E-state index is 10.2. The SMILES string of the molecule is CN(C)C=O.NC(=O)c1nccs1. The summed E-state index contributed by atoms with van der Waals surface area (Å²) in [5.74, 6) is -0.458. The molecule has 0 bridgehead atoms. The van der Waals surface area contributed by atoms with Crippen molar-refractivity contribution in [1.29, 1.82) is 0 Å². The molecule has 2 amide bonds. The minimum atomic E-state index is -0.458. The quantitative estimate of drug-likeness (QED) is 0.681. The third-order valence-electron chi connectivity index (χ3n) is 0.854. The molecule has 6 heteroatoms. The predicted octanol–water partition coefficient (Wildman–Crippen LogP) is -0.0536. The number of hydrogen-bond donors (Lipinski definition) is 1. The van der Waals surface area contributed by atoms with Gasteiger partial charge >= 0.3 is 0 Å². The highest BCUT2D eigenvalue weighted by Gasteiger charge is 1.98. The van der Waals surface area contributed by atoms with E-state index in [0.29, 0.717) is 5.01 Å². The van der Waals surface area contributed by atoms with Gasteiger partial charge < -0.3 is 10.6 Å². The second kappa shape index (κ2) is 6.13. The summed E-state index contributed by atoms with van der Waals surface area (Å²) in [7, 11) is 3.38. The van der Waals surface area contributed by atoms with Crippen molar-refractivity contribution in [2.24, 2.45) is 5.73 Å². The van der Waals surface area contributed by atoms with E-state index in [4.69, 9.17) is 5.73 Å². The van der Waals surface area contributed by atoms with Crippen molar-refractivity contribution in [2.75, 3.05) is 14.1 Å². The number of nitrogens with zero attached hydrogens (tertiary/aromatic N) is 2. The van der Waals surface area contributed by atoms with Crippen LogP contribution in [-0.4, -0.2) is 36.3 Å². The fraction of sp³-hybridized carbons (Fsp3) is 0.286. The number of amides is 2. The first-order chi connectivity index (χ1) is 6.07. The number of thiazole rings is 1. The summed E-state index contributed by atoms with van der Waals surface area (Å²) in [5.41, 5.74) is 4.87. The van der Waals surface area contributed by atoms with Crippen LogP contribution in [0.15, 0.2) is 11.6 Å². The van der Waals surface area contributed by atoms with Gasteiger partial charge in [0.2, 0.25) is 6.41 Å². The van der Waals surface area contributed by atoms with Gasteiger partial charge in [0.15, 0.2) is 5.01 Å². The van der Waals surface area contributed by atoms with Crippen LogP contribution in [0.5, 0.6) is 0 Å². The maximum Gasteiger partial charge on any atom is 0.277 e. The molecule has 1 rings (SSSR count). The number of carbonyl (C=O) groups is 2. The van der Waals surface area contributed by atoms with Gasteiger partial charge in [-0.15, -0.1) is 11.3 Å². The van der Waals surface area contributed by atoms with Crippen LogP contribution in [0.25, 0.3) is 0 Å². The van der Waals surface area contributed by atoms with E-state index in [1.165, 1.54) is 16.2 Å².